The number of carbonyl (C=O) groups is 2. The summed E-state index contributed by atoms with van der Waals surface area (Å²) in [7, 11) is 1.61. The van der Waals surface area contributed by atoms with Crippen LogP contribution in [-0.4, -0.2) is 47.7 Å². The molecule has 1 aromatic carbocycles. The molecule has 3 atom stereocenters. The first-order valence-corrected chi connectivity index (χ1v) is 8.18. The highest BCUT2D eigenvalue weighted by Crippen LogP contribution is 2.43. The van der Waals surface area contributed by atoms with Crippen molar-refractivity contribution in [2.75, 3.05) is 13.6 Å². The molecule has 2 amide bonds. The number of nitrogens with one attached hydrogen (secondary N) is 1. The van der Waals surface area contributed by atoms with E-state index in [-0.39, 0.29) is 30.1 Å². The van der Waals surface area contributed by atoms with E-state index in [2.05, 4.69) is 19.2 Å². The van der Waals surface area contributed by atoms with E-state index in [0.717, 1.165) is 12.2 Å². The monoisotopic (exact) mass is 334 g/mol. The van der Waals surface area contributed by atoms with Crippen LogP contribution in [0, 0.1) is 11.3 Å². The van der Waals surface area contributed by atoms with E-state index < -0.39 is 11.9 Å². The molecule has 0 bridgehead atoms. The SMILES string of the molecule is CC(CN(C)C(=O)N[C@H]1C[C@@H](Oc2ccccc2)C1(C)C)C(=O)O. The van der Waals surface area contributed by atoms with Gasteiger partial charge in [-0.25, -0.2) is 4.79 Å². The fourth-order valence-electron chi connectivity index (χ4n) is 2.82. The van der Waals surface area contributed by atoms with E-state index >= 15 is 0 Å². The van der Waals surface area contributed by atoms with Gasteiger partial charge in [-0.2, -0.15) is 0 Å². The summed E-state index contributed by atoms with van der Waals surface area (Å²) in [4.78, 5) is 24.5. The van der Waals surface area contributed by atoms with E-state index in [1.807, 2.05) is 30.3 Å². The number of hydrogen-bond donors (Lipinski definition) is 2. The van der Waals surface area contributed by atoms with Crippen LogP contribution in [0.3, 0.4) is 0 Å². The Hall–Kier alpha value is -2.24. The number of ether oxygens (including phenoxy) is 1. The number of para-hydroxylation sites is 1. The number of nitrogens with zero attached hydrogens (tertiary/aromatic N) is 1. The van der Waals surface area contributed by atoms with Gasteiger partial charge in [0.1, 0.15) is 11.9 Å². The minimum Gasteiger partial charge on any atom is -0.490 e. The molecule has 0 aromatic heterocycles. The molecule has 2 rings (SSSR count). The van der Waals surface area contributed by atoms with E-state index in [9.17, 15) is 9.59 Å². The third kappa shape index (κ3) is 3.99. The Morgan fingerprint density at radius 2 is 2.00 bits per heavy atom. The molecule has 24 heavy (non-hydrogen) atoms. The van der Waals surface area contributed by atoms with Crippen LogP contribution >= 0.6 is 0 Å². The van der Waals surface area contributed by atoms with E-state index in [1.165, 1.54) is 4.90 Å². The molecule has 6 nitrogen and oxygen atoms in total. The Labute approximate surface area is 142 Å². The van der Waals surface area contributed by atoms with Crippen LogP contribution < -0.4 is 10.1 Å². The van der Waals surface area contributed by atoms with Crippen molar-refractivity contribution in [2.24, 2.45) is 11.3 Å². The second-order valence-electron chi connectivity index (χ2n) is 7.10. The second-order valence-corrected chi connectivity index (χ2v) is 7.10. The van der Waals surface area contributed by atoms with Gasteiger partial charge in [0.05, 0.1) is 5.92 Å². The van der Waals surface area contributed by atoms with E-state index in [0.29, 0.717) is 0 Å². The number of aliphatic carboxylic acids is 1. The zero-order valence-corrected chi connectivity index (χ0v) is 14.7. The number of benzene rings is 1. The lowest BCUT2D eigenvalue weighted by Crippen LogP contribution is -2.64. The lowest BCUT2D eigenvalue weighted by molar-refractivity contribution is -0.141. The van der Waals surface area contributed by atoms with Crippen molar-refractivity contribution in [3.8, 4) is 5.75 Å². The molecule has 1 aromatic rings. The van der Waals surface area contributed by atoms with E-state index in [4.69, 9.17) is 9.84 Å². The Kier molecular flexibility index (Phi) is 5.36. The molecule has 1 aliphatic rings. The van der Waals surface area contributed by atoms with Gasteiger partial charge < -0.3 is 20.1 Å². The number of carboxylic acid groups (broad SMARTS) is 1. The predicted molar refractivity (Wildman–Crippen MR) is 91.0 cm³/mol. The first-order chi connectivity index (χ1) is 11.2. The van der Waals surface area contributed by atoms with E-state index in [1.54, 1.807) is 14.0 Å². The maximum atomic E-state index is 12.2. The molecule has 0 spiro atoms. The molecule has 1 saturated carbocycles. The van der Waals surface area contributed by atoms with Crippen LogP contribution in [0.2, 0.25) is 0 Å². The molecule has 0 heterocycles. The normalized spacial score (nSPS) is 22.8. The number of amides is 2. The van der Waals surface area contributed by atoms with Gasteiger partial charge >= 0.3 is 12.0 Å². The fraction of sp³-hybridized carbons (Fsp3) is 0.556. The molecule has 2 N–H and O–H groups in total. The Balaban J connectivity index is 1.86. The number of hydrogen-bond acceptors (Lipinski definition) is 3. The third-order valence-electron chi connectivity index (χ3n) is 4.81. The Morgan fingerprint density at radius 1 is 1.38 bits per heavy atom. The smallest absolute Gasteiger partial charge is 0.317 e. The van der Waals surface area contributed by atoms with Gasteiger partial charge in [0, 0.05) is 31.5 Å². The van der Waals surface area contributed by atoms with Crippen molar-refractivity contribution in [1.82, 2.24) is 10.2 Å². The summed E-state index contributed by atoms with van der Waals surface area (Å²) in [5, 5.41) is 11.9. The van der Waals surface area contributed by atoms with Gasteiger partial charge in [0.15, 0.2) is 0 Å². The average Bonchev–Trinajstić information content (AvgIpc) is 2.54. The first-order valence-electron chi connectivity index (χ1n) is 8.18. The van der Waals surface area contributed by atoms with Crippen LogP contribution in [0.15, 0.2) is 30.3 Å². The summed E-state index contributed by atoms with van der Waals surface area (Å²) >= 11 is 0. The summed E-state index contributed by atoms with van der Waals surface area (Å²) in [5.74, 6) is -0.674. The number of carboxylic acids is 1. The maximum absolute atomic E-state index is 12.2. The number of urea groups is 1. The van der Waals surface area contributed by atoms with Crippen molar-refractivity contribution in [1.29, 1.82) is 0 Å². The zero-order valence-electron chi connectivity index (χ0n) is 14.7. The zero-order chi connectivity index (χ0) is 17.9. The minimum absolute atomic E-state index is 0.00120. The molecule has 6 heteroatoms. The largest absolute Gasteiger partial charge is 0.490 e. The van der Waals surface area contributed by atoms with Gasteiger partial charge in [-0.3, -0.25) is 4.79 Å². The molecular weight excluding hydrogens is 308 g/mol. The van der Waals surface area contributed by atoms with Crippen molar-refractivity contribution in [2.45, 2.75) is 39.3 Å². The fourth-order valence-corrected chi connectivity index (χ4v) is 2.82. The Bertz CT molecular complexity index is 588. The summed E-state index contributed by atoms with van der Waals surface area (Å²) < 4.78 is 5.99. The third-order valence-corrected chi connectivity index (χ3v) is 4.81. The second kappa shape index (κ2) is 7.11. The van der Waals surface area contributed by atoms with Crippen molar-refractivity contribution in [3.05, 3.63) is 30.3 Å². The standard InChI is InChI=1S/C18H26N2O4/c1-12(16(21)22)11-20(4)17(23)19-14-10-15(18(14,2)3)24-13-8-6-5-7-9-13/h5-9,12,14-15H,10-11H2,1-4H3,(H,19,23)(H,21,22)/t12?,14-,15+/m0/s1. The molecule has 1 aliphatic carbocycles. The summed E-state index contributed by atoms with van der Waals surface area (Å²) in [5.41, 5.74) is -0.190. The summed E-state index contributed by atoms with van der Waals surface area (Å²) in [6, 6.07) is 9.39. The molecule has 1 fully saturated rings. The molecule has 0 aliphatic heterocycles. The molecule has 0 saturated heterocycles. The van der Waals surface area contributed by atoms with Crippen molar-refractivity contribution in [3.63, 3.8) is 0 Å². The molecule has 0 radical (unpaired) electrons. The summed E-state index contributed by atoms with van der Waals surface area (Å²) in [6.07, 6.45) is 0.768. The van der Waals surface area contributed by atoms with Crippen molar-refractivity contribution >= 4 is 12.0 Å². The van der Waals surface area contributed by atoms with Gasteiger partial charge in [-0.15, -0.1) is 0 Å². The van der Waals surface area contributed by atoms with Crippen LogP contribution in [0.4, 0.5) is 4.79 Å². The summed E-state index contributed by atoms with van der Waals surface area (Å²) in [6.45, 7) is 5.89. The quantitative estimate of drug-likeness (QED) is 0.838. The van der Waals surface area contributed by atoms with Gasteiger partial charge in [-0.1, -0.05) is 39.0 Å². The lowest BCUT2D eigenvalue weighted by atomic mass is 9.64. The van der Waals surface area contributed by atoms with Crippen LogP contribution in [-0.2, 0) is 4.79 Å². The van der Waals surface area contributed by atoms with Crippen molar-refractivity contribution < 1.29 is 19.4 Å². The van der Waals surface area contributed by atoms with Crippen LogP contribution in [0.1, 0.15) is 27.2 Å². The van der Waals surface area contributed by atoms with Crippen LogP contribution in [0.5, 0.6) is 5.75 Å². The Morgan fingerprint density at radius 3 is 2.54 bits per heavy atom. The first kappa shape index (κ1) is 18.1. The predicted octanol–water partition coefficient (Wildman–Crippen LogP) is 2.59. The molecule has 132 valence electrons. The highest BCUT2D eigenvalue weighted by Gasteiger charge is 2.51. The highest BCUT2D eigenvalue weighted by atomic mass is 16.5. The minimum atomic E-state index is -0.907. The topological polar surface area (TPSA) is 78.9 Å². The average molecular weight is 334 g/mol. The highest BCUT2D eigenvalue weighted by molar-refractivity contribution is 5.76. The van der Waals surface area contributed by atoms with Gasteiger partial charge in [0.2, 0.25) is 0 Å². The van der Waals surface area contributed by atoms with Gasteiger partial charge in [-0.05, 0) is 12.1 Å². The van der Waals surface area contributed by atoms with Gasteiger partial charge in [0.25, 0.3) is 0 Å². The molecule has 1 unspecified atom stereocenters. The number of carbonyl (C=O) groups excluding carboxylic acids is 1. The number of rotatable bonds is 6. The maximum Gasteiger partial charge on any atom is 0.317 e. The van der Waals surface area contributed by atoms with Crippen LogP contribution in [0.25, 0.3) is 0 Å². The lowest BCUT2D eigenvalue weighted by Gasteiger charge is -2.51. The molecular formula is C18H26N2O4.